The van der Waals surface area contributed by atoms with Crippen molar-refractivity contribution in [3.63, 3.8) is 0 Å². The molecule has 0 aromatic heterocycles. The monoisotopic (exact) mass is 372 g/mol. The van der Waals surface area contributed by atoms with Crippen LogP contribution in [0.1, 0.15) is 32.6 Å². The second-order valence-corrected chi connectivity index (χ2v) is 8.15. The van der Waals surface area contributed by atoms with E-state index in [4.69, 9.17) is 16.6 Å². The van der Waals surface area contributed by atoms with Crippen LogP contribution in [0.4, 0.5) is 5.69 Å². The SMILES string of the molecule is CC1CCC2(CC1)CSC(Nc1ccc(Br)cc1Cl)=N2. The van der Waals surface area contributed by atoms with Gasteiger partial charge in [0, 0.05) is 10.2 Å². The van der Waals surface area contributed by atoms with Crippen molar-refractivity contribution < 1.29 is 0 Å². The van der Waals surface area contributed by atoms with Gasteiger partial charge >= 0.3 is 0 Å². The molecule has 1 aliphatic heterocycles. The van der Waals surface area contributed by atoms with Gasteiger partial charge < -0.3 is 5.32 Å². The highest BCUT2D eigenvalue weighted by atomic mass is 79.9. The van der Waals surface area contributed by atoms with Crippen LogP contribution < -0.4 is 5.32 Å². The summed E-state index contributed by atoms with van der Waals surface area (Å²) in [5.41, 5.74) is 1.11. The van der Waals surface area contributed by atoms with Crippen LogP contribution in [0.15, 0.2) is 27.7 Å². The number of aliphatic imine (C=N–C) groups is 1. The first kappa shape index (κ1) is 14.7. The minimum absolute atomic E-state index is 0.182. The molecule has 0 atom stereocenters. The van der Waals surface area contributed by atoms with Gasteiger partial charge in [-0.05, 0) is 49.8 Å². The average Bonchev–Trinajstić information content (AvgIpc) is 2.80. The quantitative estimate of drug-likeness (QED) is 0.696. The molecule has 1 aliphatic carbocycles. The fraction of sp³-hybridized carbons (Fsp3) is 0.533. The van der Waals surface area contributed by atoms with Crippen LogP contribution in [0.5, 0.6) is 0 Å². The molecular weight excluding hydrogens is 356 g/mol. The molecule has 1 aromatic rings. The summed E-state index contributed by atoms with van der Waals surface area (Å²) in [6, 6.07) is 5.89. The van der Waals surface area contributed by atoms with E-state index in [-0.39, 0.29) is 5.54 Å². The number of nitrogens with one attached hydrogen (secondary N) is 1. The normalized spacial score (nSPS) is 29.6. The first-order chi connectivity index (χ1) is 9.56. The van der Waals surface area contributed by atoms with Gasteiger partial charge in [0.15, 0.2) is 5.17 Å². The van der Waals surface area contributed by atoms with E-state index in [2.05, 4.69) is 28.2 Å². The third-order valence-electron chi connectivity index (χ3n) is 4.19. The van der Waals surface area contributed by atoms with E-state index in [9.17, 15) is 0 Å². The summed E-state index contributed by atoms with van der Waals surface area (Å²) in [5.74, 6) is 1.97. The summed E-state index contributed by atoms with van der Waals surface area (Å²) in [6.07, 6.45) is 5.05. The molecule has 1 saturated carbocycles. The van der Waals surface area contributed by atoms with E-state index in [1.807, 2.05) is 30.0 Å². The Bertz CT molecular complexity index is 539. The molecule has 1 N–H and O–H groups in total. The number of amidine groups is 1. The van der Waals surface area contributed by atoms with Gasteiger partial charge in [-0.2, -0.15) is 0 Å². The zero-order chi connectivity index (χ0) is 14.2. The maximum atomic E-state index is 6.25. The van der Waals surface area contributed by atoms with Crippen LogP contribution in [0.3, 0.4) is 0 Å². The van der Waals surface area contributed by atoms with Crippen molar-refractivity contribution in [2.45, 2.75) is 38.1 Å². The fourth-order valence-electron chi connectivity index (χ4n) is 2.81. The van der Waals surface area contributed by atoms with Crippen molar-refractivity contribution in [2.24, 2.45) is 10.9 Å². The Hall–Kier alpha value is -0.190. The first-order valence-corrected chi connectivity index (χ1v) is 9.17. The number of halogens is 2. The lowest BCUT2D eigenvalue weighted by atomic mass is 9.79. The molecule has 0 amide bonds. The molecule has 0 saturated heterocycles. The smallest absolute Gasteiger partial charge is 0.161 e. The number of anilines is 1. The zero-order valence-corrected chi connectivity index (χ0v) is 14.6. The lowest BCUT2D eigenvalue weighted by Gasteiger charge is -2.32. The highest BCUT2D eigenvalue weighted by Gasteiger charge is 2.38. The predicted octanol–water partition coefficient (Wildman–Crippen LogP) is 5.57. The van der Waals surface area contributed by atoms with Crippen molar-refractivity contribution in [1.82, 2.24) is 0 Å². The highest BCUT2D eigenvalue weighted by Crippen LogP contribution is 2.42. The van der Waals surface area contributed by atoms with Crippen molar-refractivity contribution >= 4 is 50.1 Å². The van der Waals surface area contributed by atoms with Gasteiger partial charge in [0.05, 0.1) is 16.2 Å². The summed E-state index contributed by atoms with van der Waals surface area (Å²) in [5, 5.41) is 5.12. The van der Waals surface area contributed by atoms with Gasteiger partial charge in [-0.3, -0.25) is 4.99 Å². The molecule has 1 aromatic carbocycles. The van der Waals surface area contributed by atoms with Crippen molar-refractivity contribution in [2.75, 3.05) is 11.1 Å². The molecule has 0 unspecified atom stereocenters. The Morgan fingerprint density at radius 2 is 2.15 bits per heavy atom. The Labute approximate surface area is 137 Å². The third kappa shape index (κ3) is 3.18. The zero-order valence-electron chi connectivity index (χ0n) is 11.5. The van der Waals surface area contributed by atoms with Gasteiger partial charge in [-0.1, -0.05) is 46.2 Å². The molecule has 0 bridgehead atoms. The second-order valence-electron chi connectivity index (χ2n) is 5.86. The van der Waals surface area contributed by atoms with Crippen LogP contribution in [0.25, 0.3) is 0 Å². The number of rotatable bonds is 1. The van der Waals surface area contributed by atoms with Crippen LogP contribution in [0.2, 0.25) is 5.02 Å². The van der Waals surface area contributed by atoms with Gasteiger partial charge in [-0.15, -0.1) is 0 Å². The first-order valence-electron chi connectivity index (χ1n) is 7.01. The van der Waals surface area contributed by atoms with E-state index in [0.29, 0.717) is 0 Å². The van der Waals surface area contributed by atoms with Crippen molar-refractivity contribution in [1.29, 1.82) is 0 Å². The standard InChI is InChI=1S/C15H18BrClN2S/c1-10-4-6-15(7-5-10)9-20-14(19-15)18-13-3-2-11(16)8-12(13)17/h2-3,8,10H,4-7,9H2,1H3,(H,18,19). The van der Waals surface area contributed by atoms with Crippen LogP contribution >= 0.6 is 39.3 Å². The molecule has 108 valence electrons. The highest BCUT2D eigenvalue weighted by molar-refractivity contribution is 9.10. The minimum atomic E-state index is 0.182. The maximum Gasteiger partial charge on any atom is 0.161 e. The number of nitrogens with zero attached hydrogens (tertiary/aromatic N) is 1. The van der Waals surface area contributed by atoms with Crippen LogP contribution in [-0.4, -0.2) is 16.5 Å². The Balaban J connectivity index is 1.72. The molecule has 2 aliphatic rings. The van der Waals surface area contributed by atoms with E-state index in [1.54, 1.807) is 0 Å². The lowest BCUT2D eigenvalue weighted by molar-refractivity contribution is 0.273. The number of thioether (sulfide) groups is 1. The average molecular weight is 374 g/mol. The Morgan fingerprint density at radius 1 is 1.40 bits per heavy atom. The molecule has 1 spiro atoms. The summed E-state index contributed by atoms with van der Waals surface area (Å²) in [7, 11) is 0. The van der Waals surface area contributed by atoms with Crippen LogP contribution in [-0.2, 0) is 0 Å². The van der Waals surface area contributed by atoms with Gasteiger partial charge in [0.25, 0.3) is 0 Å². The Kier molecular flexibility index (Phi) is 4.34. The van der Waals surface area contributed by atoms with Crippen molar-refractivity contribution in [3.05, 3.63) is 27.7 Å². The number of hydrogen-bond acceptors (Lipinski definition) is 3. The van der Waals surface area contributed by atoms with Crippen molar-refractivity contribution in [3.8, 4) is 0 Å². The predicted molar refractivity (Wildman–Crippen MR) is 93.0 cm³/mol. The molecule has 0 radical (unpaired) electrons. The van der Waals surface area contributed by atoms with E-state index in [0.717, 1.165) is 32.0 Å². The molecule has 1 fully saturated rings. The molecule has 5 heteroatoms. The van der Waals surface area contributed by atoms with E-state index in [1.165, 1.54) is 25.7 Å². The van der Waals surface area contributed by atoms with E-state index >= 15 is 0 Å². The molecular formula is C15H18BrClN2S. The summed E-state index contributed by atoms with van der Waals surface area (Å²) < 4.78 is 0.992. The topological polar surface area (TPSA) is 24.4 Å². The summed E-state index contributed by atoms with van der Waals surface area (Å²) >= 11 is 11.5. The largest absolute Gasteiger partial charge is 0.334 e. The summed E-state index contributed by atoms with van der Waals surface area (Å²) in [4.78, 5) is 4.97. The lowest BCUT2D eigenvalue weighted by Crippen LogP contribution is -2.32. The van der Waals surface area contributed by atoms with Gasteiger partial charge in [0.1, 0.15) is 0 Å². The molecule has 3 rings (SSSR count). The van der Waals surface area contributed by atoms with E-state index < -0.39 is 0 Å². The maximum absolute atomic E-state index is 6.25. The van der Waals surface area contributed by atoms with Gasteiger partial charge in [-0.25, -0.2) is 0 Å². The number of benzene rings is 1. The third-order valence-corrected chi connectivity index (χ3v) is 6.15. The second kappa shape index (κ2) is 5.90. The van der Waals surface area contributed by atoms with Crippen LogP contribution in [0, 0.1) is 5.92 Å². The van der Waals surface area contributed by atoms with Gasteiger partial charge in [0.2, 0.25) is 0 Å². The molecule has 1 heterocycles. The molecule has 2 nitrogen and oxygen atoms in total. The summed E-state index contributed by atoms with van der Waals surface area (Å²) in [6.45, 7) is 2.35. The Morgan fingerprint density at radius 3 is 2.85 bits per heavy atom. The molecule has 20 heavy (non-hydrogen) atoms. The fourth-order valence-corrected chi connectivity index (χ4v) is 4.73. The minimum Gasteiger partial charge on any atom is -0.334 e. The number of hydrogen-bond donors (Lipinski definition) is 1.